The van der Waals surface area contributed by atoms with Gasteiger partial charge in [0.25, 0.3) is 10.1 Å². The summed E-state index contributed by atoms with van der Waals surface area (Å²) in [7, 11) is -4.20. The van der Waals surface area contributed by atoms with Crippen molar-refractivity contribution >= 4 is 10.1 Å². The van der Waals surface area contributed by atoms with E-state index in [1.807, 2.05) is 0 Å². The van der Waals surface area contributed by atoms with Crippen molar-refractivity contribution in [1.29, 1.82) is 0 Å². The van der Waals surface area contributed by atoms with Crippen LogP contribution in [0.2, 0.25) is 0 Å². The van der Waals surface area contributed by atoms with Crippen LogP contribution in [0.5, 0.6) is 0 Å². The van der Waals surface area contributed by atoms with E-state index in [-0.39, 0.29) is 59.2 Å². The molecule has 9 heavy (non-hydrogen) atoms. The normalized spacial score (nSPS) is 14.1. The zero-order valence-corrected chi connectivity index (χ0v) is 9.34. The summed E-state index contributed by atoms with van der Waals surface area (Å²) in [6, 6.07) is 0. The molecule has 2 N–H and O–H groups in total. The minimum Gasteiger partial charge on any atom is -1.00 e. The maximum absolute atomic E-state index is 9.87. The van der Waals surface area contributed by atoms with Gasteiger partial charge in [0.05, 0.1) is 0 Å². The molecular weight excluding hydrogens is 171 g/mol. The summed E-state index contributed by atoms with van der Waals surface area (Å²) < 4.78 is 27.7. The van der Waals surface area contributed by atoms with E-state index in [0.717, 1.165) is 0 Å². The molecule has 1 unspecified atom stereocenters. The van der Waals surface area contributed by atoms with Gasteiger partial charge in [-0.15, -0.1) is 0 Å². The van der Waals surface area contributed by atoms with E-state index in [4.69, 9.17) is 9.66 Å². The molecule has 0 bridgehead atoms. The molecule has 0 amide bonds. The molecule has 1 atom stereocenters. The number of aliphatic hydroxyl groups excluding tert-OH is 1. The zero-order valence-electron chi connectivity index (χ0n) is 6.40. The average Bonchev–Trinajstić information content (AvgIpc) is 1.62. The van der Waals surface area contributed by atoms with Crippen LogP contribution in [0, 0.1) is 0 Å². The number of aliphatic hydroxyl groups is 1. The standard InChI is InChI=1S/C3H8O4S.K.H/c1-2-3(4)8(5,6)7;;/h3-4H,2H2,1H3,(H,5,6,7);;/q;+1;-1. The van der Waals surface area contributed by atoms with E-state index in [1.165, 1.54) is 6.92 Å². The Morgan fingerprint density at radius 2 is 2.00 bits per heavy atom. The minimum absolute atomic E-state index is 0. The first kappa shape index (κ1) is 13.1. The van der Waals surface area contributed by atoms with Crippen LogP contribution in [0.4, 0.5) is 0 Å². The van der Waals surface area contributed by atoms with Gasteiger partial charge in [0.15, 0.2) is 5.44 Å². The molecule has 0 aromatic carbocycles. The molecule has 0 saturated heterocycles. The van der Waals surface area contributed by atoms with Crippen LogP contribution < -0.4 is 51.4 Å². The van der Waals surface area contributed by atoms with Crippen molar-refractivity contribution in [1.82, 2.24) is 0 Å². The Morgan fingerprint density at radius 1 is 1.67 bits per heavy atom. The van der Waals surface area contributed by atoms with Crippen LogP contribution in [0.15, 0.2) is 0 Å². The molecule has 0 aromatic rings. The predicted molar refractivity (Wildman–Crippen MR) is 29.0 cm³/mol. The van der Waals surface area contributed by atoms with Crippen molar-refractivity contribution < 1.29 is 70.9 Å². The number of hydrogen-bond acceptors (Lipinski definition) is 3. The average molecular weight is 180 g/mol. The molecule has 0 aliphatic rings. The third-order valence-corrected chi connectivity index (χ3v) is 1.71. The second kappa shape index (κ2) is 5.20. The molecule has 6 heteroatoms. The van der Waals surface area contributed by atoms with Crippen molar-refractivity contribution in [2.24, 2.45) is 0 Å². The smallest absolute Gasteiger partial charge is 1.00 e. The molecule has 0 fully saturated rings. The second-order valence-electron chi connectivity index (χ2n) is 1.38. The Hall–Kier alpha value is 1.51. The Labute approximate surface area is 98.3 Å². The topological polar surface area (TPSA) is 74.6 Å². The van der Waals surface area contributed by atoms with Crippen molar-refractivity contribution in [2.75, 3.05) is 0 Å². The third kappa shape index (κ3) is 5.93. The Bertz CT molecular complexity index is 156. The van der Waals surface area contributed by atoms with Crippen LogP contribution >= 0.6 is 0 Å². The summed E-state index contributed by atoms with van der Waals surface area (Å²) in [4.78, 5) is 0. The van der Waals surface area contributed by atoms with Gasteiger partial charge < -0.3 is 6.53 Å². The molecule has 0 spiro atoms. The summed E-state index contributed by atoms with van der Waals surface area (Å²) in [6.45, 7) is 1.46. The van der Waals surface area contributed by atoms with Crippen molar-refractivity contribution in [2.45, 2.75) is 18.8 Å². The van der Waals surface area contributed by atoms with Gasteiger partial charge in [-0.25, -0.2) is 0 Å². The fraction of sp³-hybridized carbons (Fsp3) is 1.00. The second-order valence-corrected chi connectivity index (χ2v) is 2.95. The fourth-order valence-electron chi connectivity index (χ4n) is 0.211. The van der Waals surface area contributed by atoms with Crippen molar-refractivity contribution in [3.63, 3.8) is 0 Å². The molecule has 0 heterocycles. The monoisotopic (exact) mass is 180 g/mol. The van der Waals surface area contributed by atoms with Crippen LogP contribution in [0.1, 0.15) is 14.8 Å². The quantitative estimate of drug-likeness (QED) is 0.345. The van der Waals surface area contributed by atoms with Crippen LogP contribution in [-0.4, -0.2) is 23.5 Å². The van der Waals surface area contributed by atoms with E-state index in [2.05, 4.69) is 0 Å². The van der Waals surface area contributed by atoms with Crippen molar-refractivity contribution in [3.05, 3.63) is 0 Å². The van der Waals surface area contributed by atoms with Gasteiger partial charge in [-0.3, -0.25) is 4.55 Å². The van der Waals surface area contributed by atoms with E-state index >= 15 is 0 Å². The number of rotatable bonds is 2. The predicted octanol–water partition coefficient (Wildman–Crippen LogP) is -3.28. The summed E-state index contributed by atoms with van der Waals surface area (Å²) in [5.41, 5.74) is -1.62. The van der Waals surface area contributed by atoms with Gasteiger partial charge in [-0.1, -0.05) is 6.92 Å². The van der Waals surface area contributed by atoms with Gasteiger partial charge in [-0.05, 0) is 6.42 Å². The van der Waals surface area contributed by atoms with Gasteiger partial charge in [0, 0.05) is 0 Å². The minimum atomic E-state index is -4.20. The molecule has 4 nitrogen and oxygen atoms in total. The van der Waals surface area contributed by atoms with E-state index < -0.39 is 15.6 Å². The van der Waals surface area contributed by atoms with Crippen molar-refractivity contribution in [3.8, 4) is 0 Å². The molecule has 52 valence electrons. The first-order chi connectivity index (χ1) is 3.48. The van der Waals surface area contributed by atoms with Crippen LogP contribution in [-0.2, 0) is 10.1 Å². The SMILES string of the molecule is CCC(O)S(=O)(=O)O.[H-].[K+]. The molecule has 0 aliphatic heterocycles. The molecular formula is C3H9KO4S. The molecule has 0 saturated carbocycles. The first-order valence-electron chi connectivity index (χ1n) is 2.13. The molecule has 0 radical (unpaired) electrons. The summed E-state index contributed by atoms with van der Waals surface area (Å²) >= 11 is 0. The first-order valence-corrected chi connectivity index (χ1v) is 3.63. The maximum atomic E-state index is 9.87. The summed E-state index contributed by atoms with van der Waals surface area (Å²) in [5, 5.41) is 8.36. The third-order valence-electron chi connectivity index (χ3n) is 0.693. The Kier molecular flexibility index (Phi) is 7.57. The molecule has 0 aliphatic carbocycles. The molecule has 0 aromatic heterocycles. The summed E-state index contributed by atoms with van der Waals surface area (Å²) in [6.07, 6.45) is 0.0127. The van der Waals surface area contributed by atoms with Gasteiger partial charge in [0.1, 0.15) is 0 Å². The van der Waals surface area contributed by atoms with Gasteiger partial charge >= 0.3 is 51.4 Å². The number of hydrogen-bond donors (Lipinski definition) is 2. The van der Waals surface area contributed by atoms with Gasteiger partial charge in [-0.2, -0.15) is 8.42 Å². The van der Waals surface area contributed by atoms with Gasteiger partial charge in [0.2, 0.25) is 0 Å². The molecule has 0 rings (SSSR count). The maximum Gasteiger partial charge on any atom is 1.00 e. The van der Waals surface area contributed by atoms with E-state index in [0.29, 0.717) is 0 Å². The van der Waals surface area contributed by atoms with E-state index in [1.54, 1.807) is 0 Å². The summed E-state index contributed by atoms with van der Waals surface area (Å²) in [5.74, 6) is 0. The Balaban J connectivity index is -0.000000245. The zero-order chi connectivity index (χ0) is 6.78. The fourth-order valence-corrected chi connectivity index (χ4v) is 0.632. The largest absolute Gasteiger partial charge is 1.00 e. The Morgan fingerprint density at radius 3 is 2.00 bits per heavy atom. The van der Waals surface area contributed by atoms with Crippen LogP contribution in [0.25, 0.3) is 0 Å². The van der Waals surface area contributed by atoms with E-state index in [9.17, 15) is 8.42 Å². The van der Waals surface area contributed by atoms with Crippen LogP contribution in [0.3, 0.4) is 0 Å².